The predicted octanol–water partition coefficient (Wildman–Crippen LogP) is 4.41. The third-order valence-corrected chi connectivity index (χ3v) is 4.05. The third-order valence-electron chi connectivity index (χ3n) is 4.05. The maximum absolute atomic E-state index is 9.50. The smallest absolute Gasteiger partial charge is 0.0998 e. The summed E-state index contributed by atoms with van der Waals surface area (Å²) in [5, 5.41) is 11.8. The Bertz CT molecular complexity index is 865. The monoisotopic (exact) mass is 271 g/mol. The Kier molecular flexibility index (Phi) is 2.73. The van der Waals surface area contributed by atoms with Crippen LogP contribution in [0.25, 0.3) is 21.9 Å². The van der Waals surface area contributed by atoms with E-state index in [9.17, 15) is 5.26 Å². The summed E-state index contributed by atoms with van der Waals surface area (Å²) >= 11 is 0. The van der Waals surface area contributed by atoms with Crippen molar-refractivity contribution < 1.29 is 4.74 Å². The van der Waals surface area contributed by atoms with Gasteiger partial charge in [0, 0.05) is 5.39 Å². The molecule has 0 amide bonds. The Morgan fingerprint density at radius 1 is 0.810 bits per heavy atom. The van der Waals surface area contributed by atoms with Crippen molar-refractivity contribution in [1.82, 2.24) is 0 Å². The molecule has 0 saturated heterocycles. The van der Waals surface area contributed by atoms with Crippen LogP contribution in [-0.4, -0.2) is 0 Å². The number of ether oxygens (including phenoxy) is 1. The minimum absolute atomic E-state index is 0.619. The van der Waals surface area contributed by atoms with Crippen molar-refractivity contribution >= 4 is 10.8 Å². The predicted molar refractivity (Wildman–Crippen MR) is 82.6 cm³/mol. The zero-order chi connectivity index (χ0) is 14.2. The summed E-state index contributed by atoms with van der Waals surface area (Å²) in [4.78, 5) is 0. The SMILES string of the molecule is N#Cc1ccc2c3c(ccc(-c4ccccc4)c13)COC2. The quantitative estimate of drug-likeness (QED) is 0.656. The minimum atomic E-state index is 0.619. The summed E-state index contributed by atoms with van der Waals surface area (Å²) in [5.74, 6) is 0. The second kappa shape index (κ2) is 4.73. The lowest BCUT2D eigenvalue weighted by Gasteiger charge is -2.20. The van der Waals surface area contributed by atoms with Gasteiger partial charge in [0.1, 0.15) is 0 Å². The third kappa shape index (κ3) is 1.83. The first-order chi connectivity index (χ1) is 10.4. The summed E-state index contributed by atoms with van der Waals surface area (Å²) in [6.07, 6.45) is 0. The second-order valence-electron chi connectivity index (χ2n) is 5.27. The van der Waals surface area contributed by atoms with Crippen LogP contribution in [0.2, 0.25) is 0 Å². The number of nitriles is 1. The van der Waals surface area contributed by atoms with E-state index in [1.54, 1.807) is 0 Å². The highest BCUT2D eigenvalue weighted by atomic mass is 16.5. The number of rotatable bonds is 1. The topological polar surface area (TPSA) is 33.0 Å². The van der Waals surface area contributed by atoms with Crippen LogP contribution in [0.5, 0.6) is 0 Å². The summed E-state index contributed by atoms with van der Waals surface area (Å²) in [7, 11) is 0. The first-order valence-electron chi connectivity index (χ1n) is 6.99. The van der Waals surface area contributed by atoms with Crippen LogP contribution in [0.15, 0.2) is 54.6 Å². The molecule has 0 saturated carbocycles. The highest BCUT2D eigenvalue weighted by Gasteiger charge is 2.18. The molecule has 100 valence electrons. The molecule has 2 nitrogen and oxygen atoms in total. The number of hydrogen-bond donors (Lipinski definition) is 0. The fraction of sp³-hybridized carbons (Fsp3) is 0.105. The van der Waals surface area contributed by atoms with Crippen LogP contribution in [-0.2, 0) is 18.0 Å². The fourth-order valence-electron chi connectivity index (χ4n) is 3.11. The van der Waals surface area contributed by atoms with Crippen molar-refractivity contribution in [2.45, 2.75) is 13.2 Å². The summed E-state index contributed by atoms with van der Waals surface area (Å²) in [6.45, 7) is 1.24. The van der Waals surface area contributed by atoms with E-state index in [4.69, 9.17) is 4.74 Å². The minimum Gasteiger partial charge on any atom is -0.372 e. The Hall–Kier alpha value is -2.63. The van der Waals surface area contributed by atoms with Gasteiger partial charge in [-0.15, -0.1) is 0 Å². The number of benzene rings is 3. The molecule has 1 heterocycles. The molecule has 0 bridgehead atoms. The highest BCUT2D eigenvalue weighted by molar-refractivity contribution is 6.03. The van der Waals surface area contributed by atoms with Crippen LogP contribution in [0.1, 0.15) is 16.7 Å². The maximum atomic E-state index is 9.50. The molecule has 1 aliphatic heterocycles. The molecular formula is C19H13NO. The lowest BCUT2D eigenvalue weighted by molar-refractivity contribution is 0.103. The van der Waals surface area contributed by atoms with Gasteiger partial charge in [0.25, 0.3) is 0 Å². The van der Waals surface area contributed by atoms with E-state index in [1.165, 1.54) is 16.5 Å². The Labute approximate surface area is 123 Å². The molecule has 3 aromatic carbocycles. The Morgan fingerprint density at radius 2 is 1.52 bits per heavy atom. The van der Waals surface area contributed by atoms with Crippen LogP contribution < -0.4 is 0 Å². The molecular weight excluding hydrogens is 258 g/mol. The summed E-state index contributed by atoms with van der Waals surface area (Å²) < 4.78 is 5.62. The maximum Gasteiger partial charge on any atom is 0.0998 e. The van der Waals surface area contributed by atoms with E-state index >= 15 is 0 Å². The van der Waals surface area contributed by atoms with E-state index in [1.807, 2.05) is 30.3 Å². The molecule has 21 heavy (non-hydrogen) atoms. The number of nitrogens with zero attached hydrogens (tertiary/aromatic N) is 1. The first-order valence-corrected chi connectivity index (χ1v) is 6.99. The molecule has 3 aromatic rings. The molecule has 0 unspecified atom stereocenters. The largest absolute Gasteiger partial charge is 0.372 e. The van der Waals surface area contributed by atoms with Crippen molar-refractivity contribution in [3.8, 4) is 17.2 Å². The molecule has 0 N–H and O–H groups in total. The molecule has 0 radical (unpaired) electrons. The zero-order valence-corrected chi connectivity index (χ0v) is 11.5. The highest BCUT2D eigenvalue weighted by Crippen LogP contribution is 2.37. The molecule has 2 heteroatoms. The normalized spacial score (nSPS) is 13.1. The van der Waals surface area contributed by atoms with Crippen molar-refractivity contribution in [2.24, 2.45) is 0 Å². The number of hydrogen-bond acceptors (Lipinski definition) is 2. The van der Waals surface area contributed by atoms with Gasteiger partial charge in [0.05, 0.1) is 24.8 Å². The van der Waals surface area contributed by atoms with Gasteiger partial charge in [-0.05, 0) is 33.7 Å². The van der Waals surface area contributed by atoms with E-state index in [0.29, 0.717) is 13.2 Å². The van der Waals surface area contributed by atoms with Gasteiger partial charge in [0.15, 0.2) is 0 Å². The lowest BCUT2D eigenvalue weighted by atomic mass is 9.89. The van der Waals surface area contributed by atoms with Crippen LogP contribution in [0.4, 0.5) is 0 Å². The van der Waals surface area contributed by atoms with Crippen LogP contribution >= 0.6 is 0 Å². The molecule has 0 aliphatic carbocycles. The van der Waals surface area contributed by atoms with Crippen molar-refractivity contribution in [3.63, 3.8) is 0 Å². The average Bonchev–Trinajstić information content (AvgIpc) is 2.56. The Balaban J connectivity index is 2.15. The van der Waals surface area contributed by atoms with Gasteiger partial charge in [-0.3, -0.25) is 0 Å². The molecule has 4 rings (SSSR count). The molecule has 0 spiro atoms. The molecule has 1 aliphatic rings. The van der Waals surface area contributed by atoms with Gasteiger partial charge in [0.2, 0.25) is 0 Å². The van der Waals surface area contributed by atoms with Gasteiger partial charge in [-0.2, -0.15) is 5.26 Å². The molecule has 0 aromatic heterocycles. The van der Waals surface area contributed by atoms with Crippen LogP contribution in [0.3, 0.4) is 0 Å². The molecule has 0 atom stereocenters. The van der Waals surface area contributed by atoms with E-state index in [-0.39, 0.29) is 0 Å². The van der Waals surface area contributed by atoms with Crippen molar-refractivity contribution in [3.05, 3.63) is 71.3 Å². The summed E-state index contributed by atoms with van der Waals surface area (Å²) in [5.41, 5.74) is 5.33. The second-order valence-corrected chi connectivity index (χ2v) is 5.27. The van der Waals surface area contributed by atoms with Gasteiger partial charge in [-0.25, -0.2) is 0 Å². The first kappa shape index (κ1) is 12.1. The van der Waals surface area contributed by atoms with Crippen molar-refractivity contribution in [1.29, 1.82) is 5.26 Å². The molecule has 0 fully saturated rings. The van der Waals surface area contributed by atoms with Gasteiger partial charge >= 0.3 is 0 Å². The van der Waals surface area contributed by atoms with E-state index < -0.39 is 0 Å². The van der Waals surface area contributed by atoms with Crippen LogP contribution in [0, 0.1) is 11.3 Å². The van der Waals surface area contributed by atoms with E-state index in [2.05, 4.69) is 30.3 Å². The van der Waals surface area contributed by atoms with E-state index in [0.717, 1.165) is 22.1 Å². The van der Waals surface area contributed by atoms with Crippen molar-refractivity contribution in [2.75, 3.05) is 0 Å². The zero-order valence-electron chi connectivity index (χ0n) is 11.5. The fourth-order valence-corrected chi connectivity index (χ4v) is 3.11. The average molecular weight is 271 g/mol. The Morgan fingerprint density at radius 3 is 2.24 bits per heavy atom. The standard InChI is InChI=1S/C19H13NO/c20-10-14-6-7-15-11-21-12-16-8-9-17(19(14)18(15)16)13-4-2-1-3-5-13/h1-9H,11-12H2. The van der Waals surface area contributed by atoms with Gasteiger partial charge in [-0.1, -0.05) is 48.5 Å². The summed E-state index contributed by atoms with van der Waals surface area (Å²) in [6, 6.07) is 20.7. The lowest BCUT2D eigenvalue weighted by Crippen LogP contribution is -2.05. The van der Waals surface area contributed by atoms with Gasteiger partial charge < -0.3 is 4.74 Å².